The molecule has 0 atom stereocenters. The molecule has 2 aromatic carbocycles. The van der Waals surface area contributed by atoms with Crippen LogP contribution < -0.4 is 4.74 Å². The number of carbonyl (C=O) groups is 1. The summed E-state index contributed by atoms with van der Waals surface area (Å²) in [6.45, 7) is 0. The molecule has 0 aliphatic rings. The summed E-state index contributed by atoms with van der Waals surface area (Å²) in [6, 6.07) is 12.4. The number of hydrogen-bond donors (Lipinski definition) is 0. The lowest BCUT2D eigenvalue weighted by Crippen LogP contribution is -2.11. The molecular weight excluding hydrogens is 259 g/mol. The molecule has 98 valence electrons. The molecule has 1 aromatic heterocycles. The summed E-state index contributed by atoms with van der Waals surface area (Å²) in [6.07, 6.45) is 1.36. The van der Waals surface area contributed by atoms with Crippen LogP contribution in [0, 0.1) is 5.82 Å². The monoisotopic (exact) mass is 268 g/mol. The number of nitrogens with zero attached hydrogens (tertiary/aromatic N) is 2. The van der Waals surface area contributed by atoms with Crippen molar-refractivity contribution < 1.29 is 13.9 Å². The minimum Gasteiger partial charge on any atom is -0.422 e. The minimum atomic E-state index is -0.630. The molecule has 3 aromatic rings. The molecule has 0 spiro atoms. The average molecular weight is 268 g/mol. The molecule has 0 N–H and O–H groups in total. The van der Waals surface area contributed by atoms with Gasteiger partial charge in [0.1, 0.15) is 11.6 Å². The number of hydrogen-bond acceptors (Lipinski definition) is 4. The van der Waals surface area contributed by atoms with Gasteiger partial charge in [-0.25, -0.2) is 14.2 Å². The van der Waals surface area contributed by atoms with Gasteiger partial charge in [0.25, 0.3) is 0 Å². The van der Waals surface area contributed by atoms with Crippen molar-refractivity contribution in [2.75, 3.05) is 0 Å². The second-order valence-electron chi connectivity index (χ2n) is 4.09. The molecular formula is C15H9FN2O2. The van der Waals surface area contributed by atoms with Crippen LogP contribution in [0.5, 0.6) is 5.75 Å². The lowest BCUT2D eigenvalue weighted by molar-refractivity contribution is 0.0728. The van der Waals surface area contributed by atoms with Gasteiger partial charge in [-0.2, -0.15) is 0 Å². The molecule has 0 amide bonds. The van der Waals surface area contributed by atoms with Crippen molar-refractivity contribution in [2.45, 2.75) is 0 Å². The highest BCUT2D eigenvalue weighted by atomic mass is 19.1. The van der Waals surface area contributed by atoms with Crippen LogP contribution in [-0.4, -0.2) is 15.9 Å². The highest BCUT2D eigenvalue weighted by Gasteiger charge is 2.11. The van der Waals surface area contributed by atoms with Gasteiger partial charge in [0, 0.05) is 0 Å². The second kappa shape index (κ2) is 5.05. The van der Waals surface area contributed by atoms with Crippen LogP contribution in [0.15, 0.2) is 54.7 Å². The summed E-state index contributed by atoms with van der Waals surface area (Å²) in [5, 5.41) is 0. The van der Waals surface area contributed by atoms with Gasteiger partial charge in [0.15, 0.2) is 5.69 Å². The zero-order chi connectivity index (χ0) is 13.9. The Labute approximate surface area is 113 Å². The lowest BCUT2D eigenvalue weighted by Gasteiger charge is -2.04. The topological polar surface area (TPSA) is 52.1 Å². The minimum absolute atomic E-state index is 0.105. The summed E-state index contributed by atoms with van der Waals surface area (Å²) >= 11 is 0. The molecule has 0 radical (unpaired) electrons. The number of halogens is 1. The van der Waals surface area contributed by atoms with E-state index in [1.165, 1.54) is 30.5 Å². The van der Waals surface area contributed by atoms with Crippen LogP contribution >= 0.6 is 0 Å². The first-order valence-electron chi connectivity index (χ1n) is 5.92. The van der Waals surface area contributed by atoms with E-state index in [-0.39, 0.29) is 11.4 Å². The zero-order valence-electron chi connectivity index (χ0n) is 10.3. The van der Waals surface area contributed by atoms with Crippen molar-refractivity contribution in [3.05, 3.63) is 66.2 Å². The molecule has 0 bridgehead atoms. The second-order valence-corrected chi connectivity index (χ2v) is 4.09. The molecule has 0 unspecified atom stereocenters. The van der Waals surface area contributed by atoms with E-state index >= 15 is 0 Å². The molecule has 0 saturated carbocycles. The van der Waals surface area contributed by atoms with Gasteiger partial charge in [-0.3, -0.25) is 4.98 Å². The van der Waals surface area contributed by atoms with Crippen molar-refractivity contribution >= 4 is 17.0 Å². The van der Waals surface area contributed by atoms with Gasteiger partial charge < -0.3 is 4.74 Å². The van der Waals surface area contributed by atoms with Crippen LogP contribution in [0.4, 0.5) is 4.39 Å². The summed E-state index contributed by atoms with van der Waals surface area (Å²) in [5.74, 6) is -0.767. The fourth-order valence-electron chi connectivity index (χ4n) is 1.72. The molecule has 0 saturated heterocycles. The Morgan fingerprint density at radius 2 is 1.70 bits per heavy atom. The fourth-order valence-corrected chi connectivity index (χ4v) is 1.72. The van der Waals surface area contributed by atoms with Gasteiger partial charge in [0.05, 0.1) is 17.2 Å². The quantitative estimate of drug-likeness (QED) is 0.529. The number of para-hydroxylation sites is 2. The van der Waals surface area contributed by atoms with Crippen molar-refractivity contribution in [1.29, 1.82) is 0 Å². The zero-order valence-corrected chi connectivity index (χ0v) is 10.3. The maximum absolute atomic E-state index is 12.8. The maximum Gasteiger partial charge on any atom is 0.363 e. The third-order valence-corrected chi connectivity index (χ3v) is 2.68. The number of rotatable bonds is 2. The molecule has 4 nitrogen and oxygen atoms in total. The van der Waals surface area contributed by atoms with Crippen LogP contribution in [0.25, 0.3) is 11.0 Å². The Morgan fingerprint density at radius 1 is 1.00 bits per heavy atom. The van der Waals surface area contributed by atoms with Crippen molar-refractivity contribution in [2.24, 2.45) is 0 Å². The number of aromatic nitrogens is 2. The average Bonchev–Trinajstić information content (AvgIpc) is 2.49. The van der Waals surface area contributed by atoms with E-state index in [9.17, 15) is 9.18 Å². The standard InChI is InChI=1S/C15H9FN2O2/c16-10-5-7-11(8-6-10)20-15(19)14-9-17-12-3-1-2-4-13(12)18-14/h1-9H. The number of carbonyl (C=O) groups excluding carboxylic acids is 1. The smallest absolute Gasteiger partial charge is 0.363 e. The Kier molecular flexibility index (Phi) is 3.09. The first-order chi connectivity index (χ1) is 9.72. The third kappa shape index (κ3) is 2.47. The molecule has 1 heterocycles. The molecule has 5 heteroatoms. The highest BCUT2D eigenvalue weighted by Crippen LogP contribution is 2.14. The van der Waals surface area contributed by atoms with Gasteiger partial charge in [-0.05, 0) is 36.4 Å². The third-order valence-electron chi connectivity index (χ3n) is 2.68. The van der Waals surface area contributed by atoms with Crippen molar-refractivity contribution in [3.8, 4) is 5.75 Å². The van der Waals surface area contributed by atoms with Crippen LogP contribution in [-0.2, 0) is 0 Å². The first kappa shape index (κ1) is 12.2. The van der Waals surface area contributed by atoms with E-state index in [0.717, 1.165) is 0 Å². The summed E-state index contributed by atoms with van der Waals surface area (Å²) in [7, 11) is 0. The molecule has 0 aliphatic heterocycles. The fraction of sp³-hybridized carbons (Fsp3) is 0. The predicted octanol–water partition coefficient (Wildman–Crippen LogP) is 2.99. The first-order valence-corrected chi connectivity index (χ1v) is 5.92. The maximum atomic E-state index is 12.8. The van der Waals surface area contributed by atoms with Crippen LogP contribution in [0.1, 0.15) is 10.5 Å². The number of esters is 1. The highest BCUT2D eigenvalue weighted by molar-refractivity contribution is 5.90. The van der Waals surface area contributed by atoms with Crippen LogP contribution in [0.3, 0.4) is 0 Å². The Hall–Kier alpha value is -2.82. The number of fused-ring (bicyclic) bond motifs is 1. The number of benzene rings is 2. The van der Waals surface area contributed by atoms with E-state index in [1.807, 2.05) is 12.1 Å². The Morgan fingerprint density at radius 3 is 2.45 bits per heavy atom. The van der Waals surface area contributed by atoms with Gasteiger partial charge in [0.2, 0.25) is 0 Å². The Balaban J connectivity index is 1.86. The van der Waals surface area contributed by atoms with Crippen molar-refractivity contribution in [1.82, 2.24) is 9.97 Å². The molecule has 3 rings (SSSR count). The van der Waals surface area contributed by atoms with Gasteiger partial charge in [-0.1, -0.05) is 12.1 Å². The lowest BCUT2D eigenvalue weighted by atomic mass is 10.3. The molecule has 0 aliphatic carbocycles. The number of ether oxygens (including phenoxy) is 1. The van der Waals surface area contributed by atoms with E-state index in [0.29, 0.717) is 11.0 Å². The Bertz CT molecular complexity index is 772. The predicted molar refractivity (Wildman–Crippen MR) is 70.9 cm³/mol. The summed E-state index contributed by atoms with van der Waals surface area (Å²) in [5.41, 5.74) is 1.42. The normalized spacial score (nSPS) is 10.4. The molecule has 0 fully saturated rings. The van der Waals surface area contributed by atoms with Gasteiger partial charge in [-0.15, -0.1) is 0 Å². The summed E-state index contributed by atoms with van der Waals surface area (Å²) in [4.78, 5) is 20.2. The molecule has 20 heavy (non-hydrogen) atoms. The van der Waals surface area contributed by atoms with E-state index in [1.54, 1.807) is 12.1 Å². The van der Waals surface area contributed by atoms with E-state index < -0.39 is 11.8 Å². The largest absolute Gasteiger partial charge is 0.422 e. The van der Waals surface area contributed by atoms with Crippen LogP contribution in [0.2, 0.25) is 0 Å². The van der Waals surface area contributed by atoms with E-state index in [2.05, 4.69) is 9.97 Å². The van der Waals surface area contributed by atoms with Gasteiger partial charge >= 0.3 is 5.97 Å². The van der Waals surface area contributed by atoms with E-state index in [4.69, 9.17) is 4.74 Å². The van der Waals surface area contributed by atoms with Crippen molar-refractivity contribution in [3.63, 3.8) is 0 Å². The SMILES string of the molecule is O=C(Oc1ccc(F)cc1)c1cnc2ccccc2n1. The summed E-state index contributed by atoms with van der Waals surface area (Å²) < 4.78 is 17.9.